The van der Waals surface area contributed by atoms with Gasteiger partial charge in [0.25, 0.3) is 0 Å². The molecule has 2 aromatic rings. The average molecular weight is 370 g/mol. The average Bonchev–Trinajstić information content (AvgIpc) is 2.69. The monoisotopic (exact) mass is 370 g/mol. The summed E-state index contributed by atoms with van der Waals surface area (Å²) < 4.78 is 18.9. The molecule has 1 saturated heterocycles. The van der Waals surface area contributed by atoms with Gasteiger partial charge >= 0.3 is 6.03 Å². The number of hydrogen-bond donors (Lipinski definition) is 1. The molecule has 2 amide bonds. The van der Waals surface area contributed by atoms with Crippen LogP contribution in [-0.2, 0) is 16.7 Å². The highest BCUT2D eigenvalue weighted by Crippen LogP contribution is 2.34. The molecule has 3 rings (SSSR count). The summed E-state index contributed by atoms with van der Waals surface area (Å²) in [7, 11) is 1.80. The molecule has 0 aromatic heterocycles. The number of carbonyl (C=O) groups is 1. The van der Waals surface area contributed by atoms with Crippen molar-refractivity contribution in [2.45, 2.75) is 31.7 Å². The van der Waals surface area contributed by atoms with Gasteiger partial charge in [-0.1, -0.05) is 36.4 Å². The van der Waals surface area contributed by atoms with E-state index in [1.165, 1.54) is 17.7 Å². The van der Waals surface area contributed by atoms with E-state index in [4.69, 9.17) is 4.74 Å². The Hall–Kier alpha value is -2.40. The van der Waals surface area contributed by atoms with Gasteiger partial charge in [0, 0.05) is 38.8 Å². The smallest absolute Gasteiger partial charge is 0.317 e. The minimum absolute atomic E-state index is 0.105. The normalized spacial score (nSPS) is 16.0. The summed E-state index contributed by atoms with van der Waals surface area (Å²) in [6.45, 7) is 4.41. The number of ether oxygens (including phenoxy) is 1. The molecule has 1 aliphatic heterocycles. The van der Waals surface area contributed by atoms with Crippen molar-refractivity contribution >= 4 is 6.03 Å². The number of hydrogen-bond acceptors (Lipinski definition) is 2. The van der Waals surface area contributed by atoms with Gasteiger partial charge in [0.05, 0.1) is 0 Å². The molecule has 1 heterocycles. The first-order valence-electron chi connectivity index (χ1n) is 9.37. The van der Waals surface area contributed by atoms with E-state index in [0.29, 0.717) is 26.3 Å². The zero-order valence-electron chi connectivity index (χ0n) is 16.0. The second-order valence-electron chi connectivity index (χ2n) is 7.34. The Morgan fingerprint density at radius 2 is 1.81 bits per heavy atom. The fourth-order valence-corrected chi connectivity index (χ4v) is 3.63. The molecule has 4 nitrogen and oxygen atoms in total. The van der Waals surface area contributed by atoms with Crippen LogP contribution in [0.15, 0.2) is 48.5 Å². The predicted octanol–water partition coefficient (Wildman–Crippen LogP) is 4.02. The Kier molecular flexibility index (Phi) is 6.11. The molecule has 144 valence electrons. The molecular weight excluding hydrogens is 343 g/mol. The van der Waals surface area contributed by atoms with E-state index in [-0.39, 0.29) is 17.3 Å². The van der Waals surface area contributed by atoms with Crippen molar-refractivity contribution in [1.82, 2.24) is 10.2 Å². The van der Waals surface area contributed by atoms with E-state index in [2.05, 4.69) is 5.32 Å². The zero-order valence-corrected chi connectivity index (χ0v) is 16.0. The maximum Gasteiger partial charge on any atom is 0.317 e. The van der Waals surface area contributed by atoms with Crippen LogP contribution in [0.5, 0.6) is 0 Å². The first-order valence-corrected chi connectivity index (χ1v) is 9.37. The molecular formula is C22H27FN2O2. The van der Waals surface area contributed by atoms with E-state index < -0.39 is 0 Å². The molecule has 5 heteroatoms. The van der Waals surface area contributed by atoms with Gasteiger partial charge in [-0.25, -0.2) is 9.18 Å². The lowest BCUT2D eigenvalue weighted by molar-refractivity contribution is 0.0502. The standard InChI is InChI=1S/C22H27FN2O2/c1-17-5-3-4-6-18(17)15-25(2)21(26)24-16-22(11-13-27-14-12-22)19-7-9-20(23)10-8-19/h3-10H,11-16H2,1-2H3,(H,24,26). The second kappa shape index (κ2) is 8.53. The molecule has 27 heavy (non-hydrogen) atoms. The summed E-state index contributed by atoms with van der Waals surface area (Å²) in [5.74, 6) is -0.247. The number of rotatable bonds is 5. The van der Waals surface area contributed by atoms with E-state index in [0.717, 1.165) is 24.0 Å². The summed E-state index contributed by atoms with van der Waals surface area (Å²) in [6.07, 6.45) is 1.61. The number of nitrogens with zero attached hydrogens (tertiary/aromatic N) is 1. The number of amides is 2. The van der Waals surface area contributed by atoms with Gasteiger partial charge in [0.2, 0.25) is 0 Å². The Labute approximate surface area is 160 Å². The molecule has 1 fully saturated rings. The van der Waals surface area contributed by atoms with E-state index in [9.17, 15) is 9.18 Å². The summed E-state index contributed by atoms with van der Waals surface area (Å²) in [4.78, 5) is 14.3. The number of nitrogens with one attached hydrogen (secondary N) is 1. The first kappa shape index (κ1) is 19.4. The molecule has 0 aliphatic carbocycles. The molecule has 1 aliphatic rings. The van der Waals surface area contributed by atoms with Gasteiger partial charge in [0.15, 0.2) is 0 Å². The zero-order chi connectivity index (χ0) is 19.3. The lowest BCUT2D eigenvalue weighted by Gasteiger charge is -2.38. The van der Waals surface area contributed by atoms with Crippen LogP contribution in [0.4, 0.5) is 9.18 Å². The fraction of sp³-hybridized carbons (Fsp3) is 0.409. The number of aryl methyl sites for hydroxylation is 1. The van der Waals surface area contributed by atoms with Crippen LogP contribution in [0.1, 0.15) is 29.5 Å². The Morgan fingerprint density at radius 3 is 2.48 bits per heavy atom. The SMILES string of the molecule is Cc1ccccc1CN(C)C(=O)NCC1(c2ccc(F)cc2)CCOCC1. The quantitative estimate of drug-likeness (QED) is 0.864. The molecule has 0 bridgehead atoms. The van der Waals surface area contributed by atoms with Crippen molar-refractivity contribution < 1.29 is 13.9 Å². The number of benzene rings is 2. The van der Waals surface area contributed by atoms with E-state index >= 15 is 0 Å². The van der Waals surface area contributed by atoms with Gasteiger partial charge in [-0.3, -0.25) is 0 Å². The number of urea groups is 1. The highest BCUT2D eigenvalue weighted by Gasteiger charge is 2.35. The third-order valence-electron chi connectivity index (χ3n) is 5.50. The molecule has 0 spiro atoms. The van der Waals surface area contributed by atoms with Gasteiger partial charge < -0.3 is 15.0 Å². The topological polar surface area (TPSA) is 41.6 Å². The van der Waals surface area contributed by atoms with Gasteiger partial charge in [-0.15, -0.1) is 0 Å². The van der Waals surface area contributed by atoms with E-state index in [1.54, 1.807) is 11.9 Å². The third kappa shape index (κ3) is 4.66. The van der Waals surface area contributed by atoms with Crippen LogP contribution in [0.3, 0.4) is 0 Å². The van der Waals surface area contributed by atoms with Crippen molar-refractivity contribution in [2.24, 2.45) is 0 Å². The van der Waals surface area contributed by atoms with Crippen molar-refractivity contribution in [3.05, 3.63) is 71.0 Å². The third-order valence-corrected chi connectivity index (χ3v) is 5.50. The second-order valence-corrected chi connectivity index (χ2v) is 7.34. The largest absolute Gasteiger partial charge is 0.381 e. The van der Waals surface area contributed by atoms with Crippen LogP contribution in [-0.4, -0.2) is 37.7 Å². The molecule has 1 N–H and O–H groups in total. The number of halogens is 1. The van der Waals surface area contributed by atoms with Crippen molar-refractivity contribution in [2.75, 3.05) is 26.8 Å². The summed E-state index contributed by atoms with van der Waals surface area (Å²) >= 11 is 0. The molecule has 0 saturated carbocycles. The van der Waals surface area contributed by atoms with Crippen LogP contribution in [0, 0.1) is 12.7 Å². The van der Waals surface area contributed by atoms with Crippen LogP contribution in [0.2, 0.25) is 0 Å². The van der Waals surface area contributed by atoms with Gasteiger partial charge in [0.1, 0.15) is 5.82 Å². The van der Waals surface area contributed by atoms with Crippen LogP contribution >= 0.6 is 0 Å². The molecule has 0 radical (unpaired) electrons. The minimum Gasteiger partial charge on any atom is -0.381 e. The van der Waals surface area contributed by atoms with Crippen LogP contribution in [0.25, 0.3) is 0 Å². The highest BCUT2D eigenvalue weighted by atomic mass is 19.1. The Bertz CT molecular complexity index is 770. The minimum atomic E-state index is -0.247. The maximum atomic E-state index is 13.3. The van der Waals surface area contributed by atoms with Crippen LogP contribution < -0.4 is 5.32 Å². The lowest BCUT2D eigenvalue weighted by atomic mass is 9.74. The van der Waals surface area contributed by atoms with E-state index in [1.807, 2.05) is 43.3 Å². The van der Waals surface area contributed by atoms with Crippen molar-refractivity contribution in [3.8, 4) is 0 Å². The van der Waals surface area contributed by atoms with Gasteiger partial charge in [-0.2, -0.15) is 0 Å². The fourth-order valence-electron chi connectivity index (χ4n) is 3.63. The Balaban J connectivity index is 1.67. The predicted molar refractivity (Wildman–Crippen MR) is 104 cm³/mol. The van der Waals surface area contributed by atoms with Crippen molar-refractivity contribution in [1.29, 1.82) is 0 Å². The van der Waals surface area contributed by atoms with Crippen molar-refractivity contribution in [3.63, 3.8) is 0 Å². The lowest BCUT2D eigenvalue weighted by Crippen LogP contribution is -2.47. The molecule has 0 atom stereocenters. The van der Waals surface area contributed by atoms with Gasteiger partial charge in [-0.05, 0) is 48.6 Å². The highest BCUT2D eigenvalue weighted by molar-refractivity contribution is 5.74. The summed E-state index contributed by atoms with van der Waals surface area (Å²) in [5, 5.41) is 3.08. The molecule has 0 unspecified atom stereocenters. The summed E-state index contributed by atoms with van der Waals surface area (Å²) in [6, 6.07) is 14.6. The number of carbonyl (C=O) groups excluding carboxylic acids is 1. The Morgan fingerprint density at radius 1 is 1.15 bits per heavy atom. The first-order chi connectivity index (χ1) is 13.0. The maximum absolute atomic E-state index is 13.3. The molecule has 2 aromatic carbocycles. The summed E-state index contributed by atoms with van der Waals surface area (Å²) in [5.41, 5.74) is 3.14.